The number of nitrogens with zero attached hydrogens (tertiary/aromatic N) is 4. The molecule has 2 heterocycles. The lowest BCUT2D eigenvalue weighted by Gasteiger charge is -2.27. The molecule has 0 atom stereocenters. The molecule has 0 radical (unpaired) electrons. The first-order chi connectivity index (χ1) is 16.3. The molecule has 0 saturated carbocycles. The van der Waals surface area contributed by atoms with Gasteiger partial charge in [-0.25, -0.2) is 0 Å². The number of morpholine rings is 1. The first-order valence-electron chi connectivity index (χ1n) is 11.3. The van der Waals surface area contributed by atoms with Crippen LogP contribution in [0.3, 0.4) is 0 Å². The van der Waals surface area contributed by atoms with Gasteiger partial charge in [-0.1, -0.05) is 29.8 Å². The second kappa shape index (κ2) is 10.7. The molecule has 1 N–H and O–H groups in total. The highest BCUT2D eigenvalue weighted by Crippen LogP contribution is 2.21. The van der Waals surface area contributed by atoms with E-state index in [0.29, 0.717) is 30.2 Å². The van der Waals surface area contributed by atoms with Crippen molar-refractivity contribution in [1.82, 2.24) is 24.9 Å². The summed E-state index contributed by atoms with van der Waals surface area (Å²) in [7, 11) is 5.76. The zero-order valence-electron chi connectivity index (χ0n) is 19.8. The monoisotopic (exact) mass is 483 g/mol. The van der Waals surface area contributed by atoms with Gasteiger partial charge in [0.1, 0.15) is 0 Å². The van der Waals surface area contributed by atoms with E-state index in [2.05, 4.69) is 26.3 Å². The summed E-state index contributed by atoms with van der Waals surface area (Å²) in [5.74, 6) is -0.495. The van der Waals surface area contributed by atoms with Crippen LogP contribution in [0.5, 0.6) is 0 Å². The third-order valence-corrected chi connectivity index (χ3v) is 6.11. The SMILES string of the molecule is CN(C)Cc1cc(CN2CCOCC2)cc2c(=O)c(C(=O)NCc3ccc(Cl)cc3)nn(C)c12. The van der Waals surface area contributed by atoms with Crippen molar-refractivity contribution < 1.29 is 9.53 Å². The molecule has 1 aromatic heterocycles. The molecule has 8 nitrogen and oxygen atoms in total. The minimum atomic E-state index is -0.495. The molecule has 1 aliphatic rings. The maximum Gasteiger partial charge on any atom is 0.276 e. The zero-order valence-corrected chi connectivity index (χ0v) is 20.6. The summed E-state index contributed by atoms with van der Waals surface area (Å²) in [4.78, 5) is 30.8. The average molecular weight is 484 g/mol. The van der Waals surface area contributed by atoms with Crippen molar-refractivity contribution in [1.29, 1.82) is 0 Å². The van der Waals surface area contributed by atoms with Crippen LogP contribution in [0.1, 0.15) is 27.2 Å². The summed E-state index contributed by atoms with van der Waals surface area (Å²) in [5.41, 5.74) is 3.22. The highest BCUT2D eigenvalue weighted by molar-refractivity contribution is 6.30. The highest BCUT2D eigenvalue weighted by Gasteiger charge is 2.20. The van der Waals surface area contributed by atoms with Crippen LogP contribution in [0.25, 0.3) is 10.9 Å². The largest absolute Gasteiger partial charge is 0.379 e. The highest BCUT2D eigenvalue weighted by atomic mass is 35.5. The standard InChI is InChI=1S/C25H30ClN5O3/c1-29(2)16-19-12-18(15-31-8-10-34-11-9-31)13-21-23(19)30(3)28-22(24(21)32)25(33)27-14-17-4-6-20(26)7-5-17/h4-7,12-13H,8-11,14-16H2,1-3H3,(H,27,33). The summed E-state index contributed by atoms with van der Waals surface area (Å²) < 4.78 is 7.10. The lowest BCUT2D eigenvalue weighted by atomic mass is 10.0. The average Bonchev–Trinajstić information content (AvgIpc) is 2.81. The molecule has 9 heteroatoms. The first-order valence-corrected chi connectivity index (χ1v) is 11.7. The molecule has 34 heavy (non-hydrogen) atoms. The number of amides is 1. The quantitative estimate of drug-likeness (QED) is 0.556. The Morgan fingerprint density at radius 2 is 1.85 bits per heavy atom. The van der Waals surface area contributed by atoms with E-state index in [1.165, 1.54) is 0 Å². The van der Waals surface area contributed by atoms with Gasteiger partial charge in [-0.3, -0.25) is 19.2 Å². The van der Waals surface area contributed by atoms with Crippen LogP contribution in [0, 0.1) is 0 Å². The van der Waals surface area contributed by atoms with Gasteiger partial charge in [0.15, 0.2) is 5.69 Å². The van der Waals surface area contributed by atoms with Gasteiger partial charge in [-0.15, -0.1) is 0 Å². The Morgan fingerprint density at radius 3 is 2.53 bits per heavy atom. The molecule has 0 aliphatic carbocycles. The smallest absolute Gasteiger partial charge is 0.276 e. The molecule has 2 aromatic carbocycles. The number of aryl methyl sites for hydroxylation is 1. The van der Waals surface area contributed by atoms with Crippen molar-refractivity contribution >= 4 is 28.4 Å². The van der Waals surface area contributed by atoms with E-state index in [1.807, 2.05) is 32.3 Å². The normalized spacial score (nSPS) is 14.6. The van der Waals surface area contributed by atoms with Gasteiger partial charge in [0.2, 0.25) is 5.43 Å². The van der Waals surface area contributed by atoms with E-state index in [1.54, 1.807) is 23.9 Å². The Hall–Kier alpha value is -2.78. The first kappa shape index (κ1) is 24.3. The number of benzene rings is 2. The van der Waals surface area contributed by atoms with E-state index in [9.17, 15) is 9.59 Å². The fourth-order valence-electron chi connectivity index (χ4n) is 4.28. The number of carbonyl (C=O) groups is 1. The van der Waals surface area contributed by atoms with E-state index >= 15 is 0 Å². The van der Waals surface area contributed by atoms with Crippen LogP contribution in [0.15, 0.2) is 41.2 Å². The van der Waals surface area contributed by atoms with Crippen LogP contribution in [0.2, 0.25) is 5.02 Å². The van der Waals surface area contributed by atoms with Crippen molar-refractivity contribution in [2.75, 3.05) is 40.4 Å². The number of halogens is 1. The minimum absolute atomic E-state index is 0.108. The second-order valence-corrected chi connectivity index (χ2v) is 9.32. The maximum atomic E-state index is 13.5. The van der Waals surface area contributed by atoms with Gasteiger partial charge in [0.25, 0.3) is 5.91 Å². The van der Waals surface area contributed by atoms with Crippen molar-refractivity contribution in [3.63, 3.8) is 0 Å². The Balaban J connectivity index is 1.69. The van der Waals surface area contributed by atoms with Gasteiger partial charge in [-0.2, -0.15) is 5.10 Å². The number of hydrogen-bond donors (Lipinski definition) is 1. The van der Waals surface area contributed by atoms with E-state index in [-0.39, 0.29) is 17.7 Å². The van der Waals surface area contributed by atoms with Crippen LogP contribution in [-0.2, 0) is 31.4 Å². The Kier molecular flexibility index (Phi) is 7.63. The van der Waals surface area contributed by atoms with Crippen LogP contribution < -0.4 is 10.7 Å². The molecular formula is C25H30ClN5O3. The number of carbonyl (C=O) groups excluding carboxylic acids is 1. The Labute approximate surface area is 204 Å². The fourth-order valence-corrected chi connectivity index (χ4v) is 4.40. The number of fused-ring (bicyclic) bond motifs is 1. The van der Waals surface area contributed by atoms with E-state index in [4.69, 9.17) is 16.3 Å². The fraction of sp³-hybridized carbons (Fsp3) is 0.400. The number of rotatable bonds is 7. The zero-order chi connectivity index (χ0) is 24.2. The molecule has 1 aliphatic heterocycles. The van der Waals surface area contributed by atoms with E-state index < -0.39 is 5.91 Å². The third-order valence-electron chi connectivity index (χ3n) is 5.86. The molecule has 0 spiro atoms. The molecule has 1 fully saturated rings. The molecule has 3 aromatic rings. The molecule has 180 valence electrons. The summed E-state index contributed by atoms with van der Waals surface area (Å²) in [6, 6.07) is 11.2. The number of hydrogen-bond acceptors (Lipinski definition) is 6. The maximum absolute atomic E-state index is 13.5. The summed E-state index contributed by atoms with van der Waals surface area (Å²) in [6.07, 6.45) is 0. The summed E-state index contributed by atoms with van der Waals surface area (Å²) in [6.45, 7) is 4.79. The lowest BCUT2D eigenvalue weighted by Crippen LogP contribution is -2.35. The van der Waals surface area contributed by atoms with Crippen LogP contribution >= 0.6 is 11.6 Å². The third kappa shape index (κ3) is 5.64. The minimum Gasteiger partial charge on any atom is -0.379 e. The Morgan fingerprint density at radius 1 is 1.15 bits per heavy atom. The second-order valence-electron chi connectivity index (χ2n) is 8.89. The topological polar surface area (TPSA) is 79.7 Å². The van der Waals surface area contributed by atoms with Crippen molar-refractivity contribution in [2.45, 2.75) is 19.6 Å². The molecule has 0 unspecified atom stereocenters. The summed E-state index contributed by atoms with van der Waals surface area (Å²) in [5, 5.41) is 8.31. The molecule has 1 amide bonds. The van der Waals surface area contributed by atoms with Crippen molar-refractivity contribution in [3.05, 3.63) is 74.0 Å². The Bertz CT molecular complexity index is 1230. The van der Waals surface area contributed by atoms with Gasteiger partial charge in [-0.05, 0) is 49.0 Å². The van der Waals surface area contributed by atoms with Gasteiger partial charge < -0.3 is 15.0 Å². The number of ether oxygens (including phenoxy) is 1. The molecular weight excluding hydrogens is 454 g/mol. The molecule has 1 saturated heterocycles. The number of aromatic nitrogens is 2. The van der Waals surface area contributed by atoms with E-state index in [0.717, 1.165) is 41.8 Å². The van der Waals surface area contributed by atoms with Crippen LogP contribution in [0.4, 0.5) is 0 Å². The number of nitrogens with one attached hydrogen (secondary N) is 1. The van der Waals surface area contributed by atoms with Crippen LogP contribution in [-0.4, -0.2) is 65.9 Å². The predicted octanol–water partition coefficient (Wildman–Crippen LogP) is 2.41. The van der Waals surface area contributed by atoms with Gasteiger partial charge >= 0.3 is 0 Å². The van der Waals surface area contributed by atoms with Crippen molar-refractivity contribution in [3.8, 4) is 0 Å². The van der Waals surface area contributed by atoms with Crippen molar-refractivity contribution in [2.24, 2.45) is 7.05 Å². The predicted molar refractivity (Wildman–Crippen MR) is 133 cm³/mol. The molecule has 0 bridgehead atoms. The van der Waals surface area contributed by atoms with Gasteiger partial charge in [0.05, 0.1) is 24.1 Å². The molecule has 4 rings (SSSR count). The van der Waals surface area contributed by atoms with Gasteiger partial charge in [0, 0.05) is 44.8 Å². The summed E-state index contributed by atoms with van der Waals surface area (Å²) >= 11 is 5.93. The lowest BCUT2D eigenvalue weighted by molar-refractivity contribution is 0.0342.